The average molecular weight is 366 g/mol. The minimum Gasteiger partial charge on any atom is -0.395 e. The van der Waals surface area contributed by atoms with Gasteiger partial charge >= 0.3 is 0 Å². The van der Waals surface area contributed by atoms with Gasteiger partial charge in [0.05, 0.1) is 13.2 Å². The van der Waals surface area contributed by atoms with Crippen molar-refractivity contribution >= 4 is 5.91 Å². The number of aliphatic hydroxyl groups excluding tert-OH is 2. The highest BCUT2D eigenvalue weighted by molar-refractivity contribution is 5.76. The van der Waals surface area contributed by atoms with Gasteiger partial charge in [-0.25, -0.2) is 0 Å². The van der Waals surface area contributed by atoms with Crippen molar-refractivity contribution in [1.29, 1.82) is 0 Å². The van der Waals surface area contributed by atoms with Crippen molar-refractivity contribution in [3.8, 4) is 0 Å². The van der Waals surface area contributed by atoms with Gasteiger partial charge in [-0.3, -0.25) is 4.79 Å². The molecular weight excluding hydrogens is 326 g/mol. The smallest absolute Gasteiger partial charge is 0.222 e. The molecule has 0 aliphatic rings. The molecule has 4 heteroatoms. The Balaban J connectivity index is 3.51. The first-order valence-electron chi connectivity index (χ1n) is 10.2. The summed E-state index contributed by atoms with van der Waals surface area (Å²) in [6.45, 7) is 2.68. The molecule has 0 heterocycles. The Kier molecular flexibility index (Phi) is 18.9. The molecule has 0 aromatic carbocycles. The van der Waals surface area contributed by atoms with E-state index in [2.05, 4.69) is 43.4 Å². The molecule has 0 atom stereocenters. The van der Waals surface area contributed by atoms with Gasteiger partial charge in [-0.05, 0) is 38.5 Å². The number of unbranched alkanes of at least 4 members (excludes halogenated alkanes) is 5. The fraction of sp³-hybridized carbons (Fsp3) is 0.682. The van der Waals surface area contributed by atoms with E-state index >= 15 is 0 Å². The van der Waals surface area contributed by atoms with E-state index in [0.717, 1.165) is 44.9 Å². The molecule has 0 unspecified atom stereocenters. The van der Waals surface area contributed by atoms with Gasteiger partial charge in [0.15, 0.2) is 0 Å². The van der Waals surface area contributed by atoms with Crippen LogP contribution in [-0.2, 0) is 4.79 Å². The zero-order chi connectivity index (χ0) is 19.3. The van der Waals surface area contributed by atoms with Crippen molar-refractivity contribution in [3.63, 3.8) is 0 Å². The van der Waals surface area contributed by atoms with Gasteiger partial charge in [0.1, 0.15) is 0 Å². The predicted octanol–water partition coefficient (Wildman–Crippen LogP) is 4.39. The number of hydrogen-bond acceptors (Lipinski definition) is 3. The third-order valence-corrected chi connectivity index (χ3v) is 4.13. The lowest BCUT2D eigenvalue weighted by molar-refractivity contribution is -0.132. The van der Waals surface area contributed by atoms with Crippen LogP contribution in [0.25, 0.3) is 0 Å². The maximum atomic E-state index is 11.9. The lowest BCUT2D eigenvalue weighted by Gasteiger charge is -2.20. The second-order valence-electron chi connectivity index (χ2n) is 6.43. The molecule has 0 rings (SSSR count). The van der Waals surface area contributed by atoms with Gasteiger partial charge in [0.2, 0.25) is 5.91 Å². The highest BCUT2D eigenvalue weighted by Crippen LogP contribution is 2.09. The van der Waals surface area contributed by atoms with Crippen molar-refractivity contribution in [2.24, 2.45) is 0 Å². The summed E-state index contributed by atoms with van der Waals surface area (Å²) in [5.74, 6) is 0.0364. The third-order valence-electron chi connectivity index (χ3n) is 4.13. The molecule has 0 saturated heterocycles. The Morgan fingerprint density at radius 1 is 0.769 bits per heavy atom. The van der Waals surface area contributed by atoms with Crippen LogP contribution < -0.4 is 0 Å². The lowest BCUT2D eigenvalue weighted by Crippen LogP contribution is -2.35. The van der Waals surface area contributed by atoms with Gasteiger partial charge in [-0.1, -0.05) is 62.6 Å². The van der Waals surface area contributed by atoms with Crippen LogP contribution in [0.2, 0.25) is 0 Å². The van der Waals surface area contributed by atoms with E-state index in [1.54, 1.807) is 4.90 Å². The van der Waals surface area contributed by atoms with E-state index in [1.807, 2.05) is 0 Å². The first kappa shape index (κ1) is 24.6. The number of hydrogen-bond donors (Lipinski definition) is 2. The molecule has 0 bridgehead atoms. The highest BCUT2D eigenvalue weighted by atomic mass is 16.3. The van der Waals surface area contributed by atoms with E-state index in [-0.39, 0.29) is 19.1 Å². The Hall–Kier alpha value is -1.39. The van der Waals surface area contributed by atoms with E-state index in [9.17, 15) is 4.79 Å². The summed E-state index contributed by atoms with van der Waals surface area (Å²) < 4.78 is 0. The first-order valence-corrected chi connectivity index (χ1v) is 10.2. The average Bonchev–Trinajstić information content (AvgIpc) is 2.64. The standard InChI is InChI=1S/C22H39NO3/c1-2-3-4-5-6-7-8-9-10-11-12-13-14-15-16-17-22(26)23(18-20-24)19-21-25/h3-4,6-7,9-10,24-25H,2,5,8,11-21H2,1H3/b4-3-,7-6-,10-9-. The number of amides is 1. The number of aliphatic hydroxyl groups is 2. The molecule has 0 aromatic heterocycles. The molecule has 26 heavy (non-hydrogen) atoms. The van der Waals surface area contributed by atoms with Crippen molar-refractivity contribution in [2.45, 2.75) is 71.1 Å². The van der Waals surface area contributed by atoms with Crippen molar-refractivity contribution in [2.75, 3.05) is 26.3 Å². The molecule has 0 aliphatic carbocycles. The van der Waals surface area contributed by atoms with Crippen molar-refractivity contribution < 1.29 is 15.0 Å². The molecule has 4 nitrogen and oxygen atoms in total. The lowest BCUT2D eigenvalue weighted by atomic mass is 10.1. The maximum Gasteiger partial charge on any atom is 0.222 e. The maximum absolute atomic E-state index is 11.9. The molecule has 0 fully saturated rings. The summed E-state index contributed by atoms with van der Waals surface area (Å²) in [5.41, 5.74) is 0. The van der Waals surface area contributed by atoms with Gasteiger partial charge in [0, 0.05) is 19.5 Å². The SMILES string of the molecule is CC/C=C\C/C=C\C/C=C\CCCCCCCC(=O)N(CCO)CCO. The number of rotatable bonds is 17. The molecule has 1 amide bonds. The Bertz CT molecular complexity index is 396. The van der Waals surface area contributed by atoms with Gasteiger partial charge in [-0.15, -0.1) is 0 Å². The van der Waals surface area contributed by atoms with Crippen LogP contribution in [0.15, 0.2) is 36.5 Å². The van der Waals surface area contributed by atoms with Gasteiger partial charge in [0.25, 0.3) is 0 Å². The van der Waals surface area contributed by atoms with Crippen LogP contribution in [0, 0.1) is 0 Å². The molecule has 150 valence electrons. The topological polar surface area (TPSA) is 60.8 Å². The van der Waals surface area contributed by atoms with Crippen LogP contribution >= 0.6 is 0 Å². The van der Waals surface area contributed by atoms with E-state index in [4.69, 9.17) is 10.2 Å². The van der Waals surface area contributed by atoms with E-state index in [1.165, 1.54) is 12.8 Å². The van der Waals surface area contributed by atoms with Crippen LogP contribution in [0.1, 0.15) is 71.1 Å². The zero-order valence-corrected chi connectivity index (χ0v) is 16.6. The molecule has 0 saturated carbocycles. The minimum absolute atomic E-state index is 0.0364. The van der Waals surface area contributed by atoms with E-state index in [0.29, 0.717) is 19.5 Å². The molecule has 0 spiro atoms. The fourth-order valence-corrected chi connectivity index (χ4v) is 2.66. The largest absolute Gasteiger partial charge is 0.395 e. The van der Waals surface area contributed by atoms with Crippen LogP contribution in [0.4, 0.5) is 0 Å². The van der Waals surface area contributed by atoms with Crippen LogP contribution in [-0.4, -0.2) is 47.3 Å². The Labute approximate surface area is 160 Å². The molecule has 0 radical (unpaired) electrons. The summed E-state index contributed by atoms with van der Waals surface area (Å²) in [6, 6.07) is 0. The third kappa shape index (κ3) is 16.1. The minimum atomic E-state index is -0.0506. The predicted molar refractivity (Wildman–Crippen MR) is 110 cm³/mol. The summed E-state index contributed by atoms with van der Waals surface area (Å²) in [7, 11) is 0. The van der Waals surface area contributed by atoms with Crippen LogP contribution in [0.5, 0.6) is 0 Å². The van der Waals surface area contributed by atoms with Gasteiger partial charge in [-0.2, -0.15) is 0 Å². The van der Waals surface area contributed by atoms with Crippen molar-refractivity contribution in [3.05, 3.63) is 36.5 Å². The van der Waals surface area contributed by atoms with Crippen LogP contribution in [0.3, 0.4) is 0 Å². The van der Waals surface area contributed by atoms with Gasteiger partial charge < -0.3 is 15.1 Å². The monoisotopic (exact) mass is 365 g/mol. The summed E-state index contributed by atoms with van der Waals surface area (Å²) in [6.07, 6.45) is 23.6. The van der Waals surface area contributed by atoms with Crippen molar-refractivity contribution in [1.82, 2.24) is 4.90 Å². The number of allylic oxidation sites excluding steroid dienone is 6. The number of nitrogens with zero attached hydrogens (tertiary/aromatic N) is 1. The second kappa shape index (κ2) is 19.9. The fourth-order valence-electron chi connectivity index (χ4n) is 2.66. The first-order chi connectivity index (χ1) is 12.8. The Morgan fingerprint density at radius 2 is 1.31 bits per heavy atom. The molecule has 2 N–H and O–H groups in total. The molecule has 0 aromatic rings. The normalized spacial score (nSPS) is 12.0. The van der Waals surface area contributed by atoms with E-state index < -0.39 is 0 Å². The second-order valence-corrected chi connectivity index (χ2v) is 6.43. The zero-order valence-electron chi connectivity index (χ0n) is 16.6. The Morgan fingerprint density at radius 3 is 1.92 bits per heavy atom. The quantitative estimate of drug-likeness (QED) is 0.297. The molecular formula is C22H39NO3. The molecule has 0 aliphatic heterocycles. The summed E-state index contributed by atoms with van der Waals surface area (Å²) in [4.78, 5) is 13.5. The summed E-state index contributed by atoms with van der Waals surface area (Å²) >= 11 is 0. The number of carbonyl (C=O) groups excluding carboxylic acids is 1. The summed E-state index contributed by atoms with van der Waals surface area (Å²) in [5, 5.41) is 17.9. The highest BCUT2D eigenvalue weighted by Gasteiger charge is 2.11. The number of carbonyl (C=O) groups is 1.